The van der Waals surface area contributed by atoms with Crippen molar-refractivity contribution in [3.63, 3.8) is 0 Å². The minimum Gasteiger partial charge on any atom is -0.493 e. The molecule has 2 aromatic carbocycles. The number of nitrogens with one attached hydrogen (secondary N) is 1. The predicted octanol–water partition coefficient (Wildman–Crippen LogP) is 4.29. The number of methoxy groups -OCH3 is 2. The van der Waals surface area contributed by atoms with Gasteiger partial charge in [0.25, 0.3) is 0 Å². The molecule has 0 atom stereocenters. The van der Waals surface area contributed by atoms with E-state index in [0.29, 0.717) is 28.7 Å². The minimum atomic E-state index is 0.607. The van der Waals surface area contributed by atoms with Crippen LogP contribution in [0.3, 0.4) is 0 Å². The Kier molecular flexibility index (Phi) is 4.51. The van der Waals surface area contributed by atoms with Crippen molar-refractivity contribution in [2.24, 2.45) is 0 Å². The molecule has 0 amide bonds. The Balaban J connectivity index is 1.61. The summed E-state index contributed by atoms with van der Waals surface area (Å²) in [6.45, 7) is 0. The molecule has 3 aromatic heterocycles. The lowest BCUT2D eigenvalue weighted by atomic mass is 10.1. The molecule has 0 aliphatic rings. The molecule has 0 fully saturated rings. The summed E-state index contributed by atoms with van der Waals surface area (Å²) in [5.74, 6) is 1.89. The van der Waals surface area contributed by atoms with Crippen molar-refractivity contribution in [1.29, 1.82) is 0 Å². The Hall–Kier alpha value is -4.33. The number of pyridine rings is 1. The van der Waals surface area contributed by atoms with Crippen LogP contribution in [0.25, 0.3) is 27.8 Å². The van der Waals surface area contributed by atoms with Gasteiger partial charge in [-0.1, -0.05) is 6.07 Å². The third kappa shape index (κ3) is 3.33. The van der Waals surface area contributed by atoms with Gasteiger partial charge in [-0.25, -0.2) is 9.97 Å². The number of nitrogen functional groups attached to an aromatic ring is 1. The summed E-state index contributed by atoms with van der Waals surface area (Å²) >= 11 is 0. The van der Waals surface area contributed by atoms with Gasteiger partial charge in [-0.2, -0.15) is 0 Å². The molecule has 0 saturated heterocycles. The average Bonchev–Trinajstić information content (AvgIpc) is 3.28. The van der Waals surface area contributed by atoms with E-state index in [4.69, 9.17) is 20.2 Å². The Bertz CT molecular complexity index is 1410. The van der Waals surface area contributed by atoms with Crippen molar-refractivity contribution >= 4 is 33.7 Å². The molecule has 0 aliphatic carbocycles. The van der Waals surface area contributed by atoms with Gasteiger partial charge in [-0.05, 0) is 30.3 Å². The fraction of sp³-hybridized carbons (Fsp3) is 0.0870. The number of ether oxygens (including phenoxy) is 2. The number of imidazole rings is 1. The number of anilines is 3. The molecule has 3 heterocycles. The number of hydrogen-bond acceptors (Lipinski definition) is 7. The van der Waals surface area contributed by atoms with E-state index < -0.39 is 0 Å². The second-order valence-electron chi connectivity index (χ2n) is 6.97. The third-order valence-electron chi connectivity index (χ3n) is 5.05. The van der Waals surface area contributed by atoms with Crippen LogP contribution in [0.5, 0.6) is 11.5 Å². The van der Waals surface area contributed by atoms with Crippen LogP contribution in [0.2, 0.25) is 0 Å². The van der Waals surface area contributed by atoms with Crippen LogP contribution in [0.4, 0.5) is 17.2 Å². The topological polar surface area (TPSA) is 99.6 Å². The number of nitrogens with two attached hydrogens (primary N) is 1. The summed E-state index contributed by atoms with van der Waals surface area (Å²) in [6.07, 6.45) is 7.28. The van der Waals surface area contributed by atoms with Gasteiger partial charge in [0.1, 0.15) is 0 Å². The zero-order valence-electron chi connectivity index (χ0n) is 17.0. The van der Waals surface area contributed by atoms with Gasteiger partial charge in [0.05, 0.1) is 31.1 Å². The molecule has 8 heteroatoms. The lowest BCUT2D eigenvalue weighted by Crippen LogP contribution is -2.01. The van der Waals surface area contributed by atoms with Crippen molar-refractivity contribution in [2.45, 2.75) is 0 Å². The minimum absolute atomic E-state index is 0.607. The van der Waals surface area contributed by atoms with Crippen LogP contribution in [0.15, 0.2) is 67.3 Å². The number of nitrogens with zero attached hydrogens (tertiary/aromatic N) is 4. The predicted molar refractivity (Wildman–Crippen MR) is 121 cm³/mol. The third-order valence-corrected chi connectivity index (χ3v) is 5.05. The van der Waals surface area contributed by atoms with E-state index in [1.165, 1.54) is 0 Å². The highest BCUT2D eigenvalue weighted by molar-refractivity contribution is 5.93. The first kappa shape index (κ1) is 18.7. The Morgan fingerprint density at radius 1 is 0.968 bits per heavy atom. The molecule has 0 bridgehead atoms. The van der Waals surface area contributed by atoms with Crippen LogP contribution in [0.1, 0.15) is 0 Å². The number of aromatic nitrogens is 4. The van der Waals surface area contributed by atoms with Gasteiger partial charge < -0.3 is 24.9 Å². The van der Waals surface area contributed by atoms with Gasteiger partial charge in [0, 0.05) is 47.5 Å². The van der Waals surface area contributed by atoms with Crippen molar-refractivity contribution < 1.29 is 9.47 Å². The first-order valence-electron chi connectivity index (χ1n) is 9.63. The number of fused-ring (bicyclic) bond motifs is 2. The summed E-state index contributed by atoms with van der Waals surface area (Å²) in [7, 11) is 3.21. The standard InChI is InChI=1S/C23H20N6O2/c1-30-19-6-5-16(12-20(19)31-2)27-22-23-26-8-9-29(23)13-18(28-22)15-10-14-4-3-7-25-21(14)17(24)11-15/h3-13H,24H2,1-2H3,(H,27,28). The Labute approximate surface area is 178 Å². The molecule has 3 N–H and O–H groups in total. The molecular weight excluding hydrogens is 392 g/mol. The van der Waals surface area contributed by atoms with Crippen molar-refractivity contribution in [3.05, 3.63) is 67.3 Å². The highest BCUT2D eigenvalue weighted by Crippen LogP contribution is 2.33. The maximum atomic E-state index is 6.26. The van der Waals surface area contributed by atoms with E-state index in [-0.39, 0.29) is 0 Å². The Morgan fingerprint density at radius 2 is 1.84 bits per heavy atom. The van der Waals surface area contributed by atoms with Gasteiger partial charge in [-0.15, -0.1) is 0 Å². The van der Waals surface area contributed by atoms with E-state index in [1.807, 2.05) is 59.3 Å². The molecule has 0 aliphatic heterocycles. The van der Waals surface area contributed by atoms with Crippen LogP contribution < -0.4 is 20.5 Å². The second-order valence-corrected chi connectivity index (χ2v) is 6.97. The molecular formula is C23H20N6O2. The molecule has 154 valence electrons. The van der Waals surface area contributed by atoms with Crippen molar-refractivity contribution in [1.82, 2.24) is 19.4 Å². The van der Waals surface area contributed by atoms with Gasteiger partial charge in [0.2, 0.25) is 0 Å². The highest BCUT2D eigenvalue weighted by Gasteiger charge is 2.13. The lowest BCUT2D eigenvalue weighted by Gasteiger charge is -2.13. The van der Waals surface area contributed by atoms with Crippen LogP contribution >= 0.6 is 0 Å². The summed E-state index contributed by atoms with van der Waals surface area (Å²) in [6, 6.07) is 13.4. The molecule has 5 aromatic rings. The van der Waals surface area contributed by atoms with Gasteiger partial charge in [0.15, 0.2) is 23.0 Å². The number of benzene rings is 2. The van der Waals surface area contributed by atoms with E-state index in [1.54, 1.807) is 26.6 Å². The first-order valence-corrected chi connectivity index (χ1v) is 9.63. The molecule has 8 nitrogen and oxygen atoms in total. The average molecular weight is 412 g/mol. The van der Waals surface area contributed by atoms with Crippen LogP contribution in [-0.4, -0.2) is 33.6 Å². The maximum Gasteiger partial charge on any atom is 0.180 e. The SMILES string of the molecule is COc1ccc(Nc2nc(-c3cc(N)c4ncccc4c3)cn3ccnc23)cc1OC. The largest absolute Gasteiger partial charge is 0.493 e. The molecule has 31 heavy (non-hydrogen) atoms. The second kappa shape index (κ2) is 7.49. The zero-order chi connectivity index (χ0) is 21.4. The van der Waals surface area contributed by atoms with Crippen LogP contribution in [0, 0.1) is 0 Å². The summed E-state index contributed by atoms with van der Waals surface area (Å²) in [4.78, 5) is 13.6. The number of rotatable bonds is 5. The fourth-order valence-corrected chi connectivity index (χ4v) is 3.57. The zero-order valence-corrected chi connectivity index (χ0v) is 17.0. The summed E-state index contributed by atoms with van der Waals surface area (Å²) < 4.78 is 12.7. The molecule has 0 spiro atoms. The van der Waals surface area contributed by atoms with Gasteiger partial charge >= 0.3 is 0 Å². The molecule has 5 rings (SSSR count). The maximum absolute atomic E-state index is 6.26. The van der Waals surface area contributed by atoms with Crippen molar-refractivity contribution in [3.8, 4) is 22.8 Å². The smallest absolute Gasteiger partial charge is 0.180 e. The van der Waals surface area contributed by atoms with E-state index in [0.717, 1.165) is 27.8 Å². The lowest BCUT2D eigenvalue weighted by molar-refractivity contribution is 0.355. The molecule has 0 saturated carbocycles. The van der Waals surface area contributed by atoms with E-state index in [9.17, 15) is 0 Å². The van der Waals surface area contributed by atoms with E-state index >= 15 is 0 Å². The monoisotopic (exact) mass is 412 g/mol. The molecule has 0 unspecified atom stereocenters. The van der Waals surface area contributed by atoms with Gasteiger partial charge in [-0.3, -0.25) is 4.98 Å². The Morgan fingerprint density at radius 3 is 2.68 bits per heavy atom. The van der Waals surface area contributed by atoms with Crippen LogP contribution in [-0.2, 0) is 0 Å². The fourth-order valence-electron chi connectivity index (χ4n) is 3.57. The van der Waals surface area contributed by atoms with Crippen molar-refractivity contribution in [2.75, 3.05) is 25.3 Å². The normalized spacial score (nSPS) is 11.0. The molecule has 0 radical (unpaired) electrons. The quantitative estimate of drug-likeness (QED) is 0.416. The van der Waals surface area contributed by atoms with E-state index in [2.05, 4.69) is 15.3 Å². The summed E-state index contributed by atoms with van der Waals surface area (Å²) in [5, 5.41) is 4.31. The number of hydrogen-bond donors (Lipinski definition) is 2. The summed E-state index contributed by atoms with van der Waals surface area (Å²) in [5.41, 5.74) is 10.8. The first-order chi connectivity index (χ1) is 15.2. The highest BCUT2D eigenvalue weighted by atomic mass is 16.5.